The Hall–Kier alpha value is -0.930. The van der Waals surface area contributed by atoms with Crippen LogP contribution in [0.3, 0.4) is 0 Å². The molecule has 1 aromatic rings. The number of benzene rings is 1. The largest absolute Gasteiger partial charge is 0.323 e. The average Bonchev–Trinajstić information content (AvgIpc) is 2.22. The van der Waals surface area contributed by atoms with Gasteiger partial charge in [0.15, 0.2) is 0 Å². The first-order chi connectivity index (χ1) is 7.47. The van der Waals surface area contributed by atoms with E-state index in [1.54, 1.807) is 13.0 Å². The third-order valence-corrected chi connectivity index (χ3v) is 3.52. The Labute approximate surface area is 109 Å². The van der Waals surface area contributed by atoms with Gasteiger partial charge in [0.05, 0.1) is 11.8 Å². The minimum absolute atomic E-state index is 0.241. The Morgan fingerprint density at radius 2 is 2.25 bits per heavy atom. The van der Waals surface area contributed by atoms with E-state index in [0.717, 1.165) is 0 Å². The smallest absolute Gasteiger partial charge is 0.238 e. The molecule has 0 aliphatic heterocycles. The first kappa shape index (κ1) is 13.1. The molecule has 0 aliphatic carbocycles. The maximum atomic E-state index is 13.3. The van der Waals surface area contributed by atoms with Crippen LogP contribution in [0.15, 0.2) is 15.0 Å². The minimum Gasteiger partial charge on any atom is -0.323 e. The molecule has 84 valence electrons. The van der Waals surface area contributed by atoms with Crippen molar-refractivity contribution >= 4 is 43.5 Å². The Morgan fingerprint density at radius 1 is 1.62 bits per heavy atom. The summed E-state index contributed by atoms with van der Waals surface area (Å²) in [6.45, 7) is 1.59. The number of amides is 1. The molecular formula is C10H7Br2FN2O. The Bertz CT molecular complexity index is 483. The fraction of sp³-hybridized carbons (Fsp3) is 0.200. The monoisotopic (exact) mass is 348 g/mol. The Kier molecular flexibility index (Phi) is 4.44. The average molecular weight is 350 g/mol. The fourth-order valence-corrected chi connectivity index (χ4v) is 2.33. The predicted molar refractivity (Wildman–Crippen MR) is 65.4 cm³/mol. The van der Waals surface area contributed by atoms with Gasteiger partial charge in [0.1, 0.15) is 12.2 Å². The summed E-state index contributed by atoms with van der Waals surface area (Å²) in [5, 5.41) is 10.9. The Balaban J connectivity index is 3.11. The molecule has 0 radical (unpaired) electrons. The normalized spacial score (nSPS) is 9.69. The second-order valence-electron chi connectivity index (χ2n) is 3.04. The van der Waals surface area contributed by atoms with Crippen molar-refractivity contribution in [2.24, 2.45) is 0 Å². The number of carbonyl (C=O) groups excluding carboxylic acids is 1. The van der Waals surface area contributed by atoms with Crippen LogP contribution in [-0.2, 0) is 4.79 Å². The molecule has 0 saturated heterocycles. The van der Waals surface area contributed by atoms with Crippen LogP contribution in [0.1, 0.15) is 12.0 Å². The maximum Gasteiger partial charge on any atom is 0.238 e. The highest BCUT2D eigenvalue weighted by molar-refractivity contribution is 9.11. The van der Waals surface area contributed by atoms with E-state index in [9.17, 15) is 9.18 Å². The molecule has 16 heavy (non-hydrogen) atoms. The van der Waals surface area contributed by atoms with E-state index < -0.39 is 5.91 Å². The van der Waals surface area contributed by atoms with Crippen LogP contribution in [0.5, 0.6) is 0 Å². The Morgan fingerprint density at radius 3 is 2.81 bits per heavy atom. The molecule has 1 rings (SSSR count). The van der Waals surface area contributed by atoms with E-state index in [2.05, 4.69) is 37.2 Å². The number of nitrogens with zero attached hydrogens (tertiary/aromatic N) is 1. The molecule has 0 atom stereocenters. The van der Waals surface area contributed by atoms with Gasteiger partial charge in [-0.05, 0) is 44.8 Å². The quantitative estimate of drug-likeness (QED) is 0.888. The number of halogens is 3. The van der Waals surface area contributed by atoms with Crippen molar-refractivity contribution < 1.29 is 9.18 Å². The summed E-state index contributed by atoms with van der Waals surface area (Å²) in [5.41, 5.74) is 0.828. The van der Waals surface area contributed by atoms with E-state index in [0.29, 0.717) is 20.2 Å². The zero-order valence-corrected chi connectivity index (χ0v) is 11.4. The van der Waals surface area contributed by atoms with Crippen LogP contribution >= 0.6 is 31.9 Å². The van der Waals surface area contributed by atoms with Crippen LogP contribution in [-0.4, -0.2) is 5.91 Å². The number of rotatable bonds is 2. The number of anilines is 1. The second-order valence-corrected chi connectivity index (χ2v) is 4.68. The summed E-state index contributed by atoms with van der Waals surface area (Å²) in [6.07, 6.45) is -0.241. The third-order valence-electron chi connectivity index (χ3n) is 1.90. The van der Waals surface area contributed by atoms with E-state index >= 15 is 0 Å². The van der Waals surface area contributed by atoms with Crippen molar-refractivity contribution in [3.63, 3.8) is 0 Å². The van der Waals surface area contributed by atoms with Crippen molar-refractivity contribution in [1.82, 2.24) is 0 Å². The first-order valence-electron chi connectivity index (χ1n) is 4.28. The molecule has 6 heteroatoms. The van der Waals surface area contributed by atoms with Crippen molar-refractivity contribution in [2.75, 3.05) is 5.32 Å². The van der Waals surface area contributed by atoms with Gasteiger partial charge < -0.3 is 5.32 Å². The molecule has 0 fully saturated rings. The zero-order valence-electron chi connectivity index (χ0n) is 8.27. The minimum atomic E-state index is -0.435. The van der Waals surface area contributed by atoms with Crippen LogP contribution in [0.25, 0.3) is 0 Å². The second kappa shape index (κ2) is 5.41. The van der Waals surface area contributed by atoms with Gasteiger partial charge >= 0.3 is 0 Å². The van der Waals surface area contributed by atoms with Crippen molar-refractivity contribution in [3.8, 4) is 6.07 Å². The summed E-state index contributed by atoms with van der Waals surface area (Å²) < 4.78 is 14.2. The molecule has 1 aromatic carbocycles. The highest BCUT2D eigenvalue weighted by Crippen LogP contribution is 2.35. The standard InChI is InChI=1S/C10H7Br2FN2O/c1-5-7(13)4-6(11)10(9(5)12)15-8(16)2-3-14/h4H,2H2,1H3,(H,15,16). The van der Waals surface area contributed by atoms with E-state index in [-0.39, 0.29) is 12.2 Å². The maximum absolute atomic E-state index is 13.3. The molecule has 0 saturated carbocycles. The molecule has 0 aromatic heterocycles. The topological polar surface area (TPSA) is 52.9 Å². The predicted octanol–water partition coefficient (Wildman–Crippen LogP) is 3.51. The van der Waals surface area contributed by atoms with Gasteiger partial charge in [0.25, 0.3) is 0 Å². The van der Waals surface area contributed by atoms with Gasteiger partial charge in [-0.2, -0.15) is 5.26 Å². The number of carbonyl (C=O) groups is 1. The fourth-order valence-electron chi connectivity index (χ4n) is 1.06. The van der Waals surface area contributed by atoms with Crippen LogP contribution < -0.4 is 5.32 Å². The molecule has 0 bridgehead atoms. The summed E-state index contributed by atoms with van der Waals surface area (Å²) in [5.74, 6) is -0.813. The SMILES string of the molecule is Cc1c(F)cc(Br)c(NC(=O)CC#N)c1Br. The molecule has 1 amide bonds. The number of nitrogens with one attached hydrogen (secondary N) is 1. The lowest BCUT2D eigenvalue weighted by molar-refractivity contribution is -0.115. The lowest BCUT2D eigenvalue weighted by Gasteiger charge is -2.11. The molecule has 3 nitrogen and oxygen atoms in total. The summed E-state index contributed by atoms with van der Waals surface area (Å²) in [6, 6.07) is 3.00. The van der Waals surface area contributed by atoms with Crippen molar-refractivity contribution in [3.05, 3.63) is 26.4 Å². The van der Waals surface area contributed by atoms with Crippen LogP contribution in [0.4, 0.5) is 10.1 Å². The lowest BCUT2D eigenvalue weighted by atomic mass is 10.2. The molecule has 0 heterocycles. The highest BCUT2D eigenvalue weighted by Gasteiger charge is 2.14. The van der Waals surface area contributed by atoms with Gasteiger partial charge in [0, 0.05) is 14.5 Å². The van der Waals surface area contributed by atoms with E-state index in [1.165, 1.54) is 6.07 Å². The third kappa shape index (κ3) is 2.80. The summed E-state index contributed by atoms with van der Waals surface area (Å²) in [4.78, 5) is 11.2. The number of hydrogen-bond acceptors (Lipinski definition) is 2. The van der Waals surface area contributed by atoms with Crippen molar-refractivity contribution in [2.45, 2.75) is 13.3 Å². The molecular weight excluding hydrogens is 343 g/mol. The van der Waals surface area contributed by atoms with Crippen LogP contribution in [0, 0.1) is 24.1 Å². The van der Waals surface area contributed by atoms with Gasteiger partial charge in [-0.15, -0.1) is 0 Å². The first-order valence-corrected chi connectivity index (χ1v) is 5.87. The molecule has 0 unspecified atom stereocenters. The zero-order chi connectivity index (χ0) is 12.3. The molecule has 0 spiro atoms. The van der Waals surface area contributed by atoms with Gasteiger partial charge in [-0.1, -0.05) is 0 Å². The van der Waals surface area contributed by atoms with Gasteiger partial charge in [-0.25, -0.2) is 4.39 Å². The van der Waals surface area contributed by atoms with Gasteiger partial charge in [-0.3, -0.25) is 4.79 Å². The summed E-state index contributed by atoms with van der Waals surface area (Å²) >= 11 is 6.34. The van der Waals surface area contributed by atoms with Gasteiger partial charge in [0.2, 0.25) is 5.91 Å². The summed E-state index contributed by atoms with van der Waals surface area (Å²) in [7, 11) is 0. The van der Waals surface area contributed by atoms with E-state index in [4.69, 9.17) is 5.26 Å². The molecule has 0 aliphatic rings. The van der Waals surface area contributed by atoms with E-state index in [1.807, 2.05) is 0 Å². The molecule has 1 N–H and O–H groups in total. The number of nitriles is 1. The number of hydrogen-bond donors (Lipinski definition) is 1. The van der Waals surface area contributed by atoms with Crippen molar-refractivity contribution in [1.29, 1.82) is 5.26 Å². The lowest BCUT2D eigenvalue weighted by Crippen LogP contribution is -2.11. The van der Waals surface area contributed by atoms with Crippen LogP contribution in [0.2, 0.25) is 0 Å². The highest BCUT2D eigenvalue weighted by atomic mass is 79.9.